The minimum atomic E-state index is -0.345. The van der Waals surface area contributed by atoms with Gasteiger partial charge < -0.3 is 10.5 Å². The predicted octanol–water partition coefficient (Wildman–Crippen LogP) is 4.08. The van der Waals surface area contributed by atoms with Gasteiger partial charge >= 0.3 is 0 Å². The van der Waals surface area contributed by atoms with Crippen molar-refractivity contribution in [3.8, 4) is 0 Å². The second kappa shape index (κ2) is 12.9. The van der Waals surface area contributed by atoms with Gasteiger partial charge in [-0.15, -0.1) is 5.10 Å². The molecule has 25 heavy (non-hydrogen) atoms. The van der Waals surface area contributed by atoms with E-state index in [4.69, 9.17) is 10.5 Å². The summed E-state index contributed by atoms with van der Waals surface area (Å²) in [5.41, 5.74) is 5.67. The maximum Gasteiger partial charge on any atom is 0.217 e. The van der Waals surface area contributed by atoms with E-state index in [9.17, 15) is 4.79 Å². The summed E-state index contributed by atoms with van der Waals surface area (Å²) in [4.78, 5) is 10.8. The SMILES string of the molecule is CC.CC.CCc1cn(C(C)(C)CCOC(C)(C)CCC(N)=O)nn1. The fraction of sp³-hybridized carbons (Fsp3) is 0.842. The average molecular weight is 357 g/mol. The summed E-state index contributed by atoms with van der Waals surface area (Å²) >= 11 is 0. The number of nitrogens with two attached hydrogens (primary N) is 1. The molecule has 1 aromatic heterocycles. The molecule has 6 nitrogen and oxygen atoms in total. The van der Waals surface area contributed by atoms with E-state index in [2.05, 4.69) is 31.1 Å². The summed E-state index contributed by atoms with van der Waals surface area (Å²) in [6.07, 6.45) is 4.66. The third-order valence-corrected chi connectivity index (χ3v) is 3.70. The highest BCUT2D eigenvalue weighted by atomic mass is 16.5. The molecule has 0 aromatic carbocycles. The lowest BCUT2D eigenvalue weighted by atomic mass is 10.00. The number of ether oxygens (including phenoxy) is 1. The Morgan fingerprint density at radius 1 is 1.16 bits per heavy atom. The summed E-state index contributed by atoms with van der Waals surface area (Å²) in [6.45, 7) is 18.8. The van der Waals surface area contributed by atoms with Gasteiger partial charge in [-0.25, -0.2) is 4.68 Å². The van der Waals surface area contributed by atoms with Crippen molar-refractivity contribution in [2.45, 2.75) is 99.1 Å². The Balaban J connectivity index is 0. The molecule has 0 spiro atoms. The zero-order valence-electron chi connectivity index (χ0n) is 17.8. The van der Waals surface area contributed by atoms with Crippen LogP contribution in [0.4, 0.5) is 0 Å². The molecule has 0 saturated carbocycles. The zero-order valence-corrected chi connectivity index (χ0v) is 17.8. The van der Waals surface area contributed by atoms with Crippen molar-refractivity contribution in [3.05, 3.63) is 11.9 Å². The molecule has 0 fully saturated rings. The molecule has 6 heteroatoms. The monoisotopic (exact) mass is 356 g/mol. The highest BCUT2D eigenvalue weighted by Crippen LogP contribution is 2.22. The molecule has 0 aliphatic rings. The van der Waals surface area contributed by atoms with Gasteiger partial charge in [0.1, 0.15) is 0 Å². The molecule has 0 unspecified atom stereocenters. The molecule has 0 aliphatic heterocycles. The van der Waals surface area contributed by atoms with Crippen molar-refractivity contribution in [1.29, 1.82) is 0 Å². The third kappa shape index (κ3) is 10.9. The molecular formula is C19H40N4O2. The standard InChI is InChI=1S/C15H28N4O2.2C2H6/c1-6-12-11-19(18-17-12)14(2,3)9-10-21-15(4,5)8-7-13(16)20;2*1-2/h11H,6-10H2,1-5H3,(H2,16,20);2*1-2H3. The highest BCUT2D eigenvalue weighted by molar-refractivity contribution is 5.73. The number of hydrogen-bond donors (Lipinski definition) is 1. The summed E-state index contributed by atoms with van der Waals surface area (Å²) in [5.74, 6) is -0.290. The van der Waals surface area contributed by atoms with Gasteiger partial charge in [0.15, 0.2) is 0 Å². The lowest BCUT2D eigenvalue weighted by Gasteiger charge is -2.29. The summed E-state index contributed by atoms with van der Waals surface area (Å²) in [6, 6.07) is 0. The maximum atomic E-state index is 10.8. The quantitative estimate of drug-likeness (QED) is 0.722. The first-order valence-electron chi connectivity index (χ1n) is 9.50. The number of primary amides is 1. The molecule has 0 aliphatic carbocycles. The Kier molecular flexibility index (Phi) is 13.3. The van der Waals surface area contributed by atoms with Crippen molar-refractivity contribution >= 4 is 5.91 Å². The zero-order chi connectivity index (χ0) is 20.1. The van der Waals surface area contributed by atoms with E-state index in [1.165, 1.54) is 0 Å². The number of aromatic nitrogens is 3. The van der Waals surface area contributed by atoms with E-state index in [0.29, 0.717) is 19.4 Å². The Bertz CT molecular complexity index is 468. The summed E-state index contributed by atoms with van der Waals surface area (Å²) in [5, 5.41) is 8.31. The molecule has 0 atom stereocenters. The lowest BCUT2D eigenvalue weighted by molar-refractivity contribution is -0.120. The molecule has 148 valence electrons. The van der Waals surface area contributed by atoms with Gasteiger partial charge in [-0.3, -0.25) is 4.79 Å². The van der Waals surface area contributed by atoms with E-state index in [0.717, 1.165) is 18.5 Å². The number of carbonyl (C=O) groups is 1. The summed E-state index contributed by atoms with van der Waals surface area (Å²) < 4.78 is 7.80. The fourth-order valence-corrected chi connectivity index (χ4v) is 1.94. The number of carbonyl (C=O) groups excluding carboxylic acids is 1. The second-order valence-corrected chi connectivity index (χ2v) is 6.64. The van der Waals surface area contributed by atoms with Crippen LogP contribution in [0, 0.1) is 0 Å². The average Bonchev–Trinajstić information content (AvgIpc) is 3.06. The maximum absolute atomic E-state index is 10.8. The molecule has 1 aromatic rings. The van der Waals surface area contributed by atoms with E-state index < -0.39 is 0 Å². The Morgan fingerprint density at radius 3 is 2.16 bits per heavy atom. The molecule has 1 heterocycles. The van der Waals surface area contributed by atoms with Gasteiger partial charge in [0.25, 0.3) is 0 Å². The largest absolute Gasteiger partial charge is 0.375 e. The first-order valence-corrected chi connectivity index (χ1v) is 9.50. The Labute approximate surface area is 154 Å². The van der Waals surface area contributed by atoms with Crippen LogP contribution in [-0.4, -0.2) is 33.1 Å². The van der Waals surface area contributed by atoms with Crippen LogP contribution in [0.25, 0.3) is 0 Å². The van der Waals surface area contributed by atoms with Crippen LogP contribution in [0.15, 0.2) is 6.20 Å². The lowest BCUT2D eigenvalue weighted by Crippen LogP contribution is -2.32. The van der Waals surface area contributed by atoms with Crippen molar-refractivity contribution in [2.24, 2.45) is 5.73 Å². The molecule has 1 amide bonds. The smallest absolute Gasteiger partial charge is 0.217 e. The minimum absolute atomic E-state index is 0.153. The van der Waals surface area contributed by atoms with E-state index in [-0.39, 0.29) is 17.0 Å². The van der Waals surface area contributed by atoms with Crippen molar-refractivity contribution in [2.75, 3.05) is 6.61 Å². The first kappa shape index (κ1) is 25.8. The van der Waals surface area contributed by atoms with Crippen LogP contribution in [0.1, 0.15) is 87.3 Å². The van der Waals surface area contributed by atoms with Crippen LogP contribution < -0.4 is 5.73 Å². The van der Waals surface area contributed by atoms with Crippen molar-refractivity contribution < 1.29 is 9.53 Å². The molecule has 0 bridgehead atoms. The molecular weight excluding hydrogens is 316 g/mol. The molecule has 2 N–H and O–H groups in total. The highest BCUT2D eigenvalue weighted by Gasteiger charge is 2.25. The topological polar surface area (TPSA) is 83.0 Å². The third-order valence-electron chi connectivity index (χ3n) is 3.70. The van der Waals surface area contributed by atoms with Gasteiger partial charge in [0, 0.05) is 19.2 Å². The van der Waals surface area contributed by atoms with Gasteiger partial charge in [-0.2, -0.15) is 0 Å². The fourth-order valence-electron chi connectivity index (χ4n) is 1.94. The Hall–Kier alpha value is -1.43. The predicted molar refractivity (Wildman–Crippen MR) is 104 cm³/mol. The van der Waals surface area contributed by atoms with Crippen molar-refractivity contribution in [1.82, 2.24) is 15.0 Å². The second-order valence-electron chi connectivity index (χ2n) is 6.64. The molecule has 0 saturated heterocycles. The first-order chi connectivity index (χ1) is 11.7. The van der Waals surface area contributed by atoms with Crippen LogP contribution in [-0.2, 0) is 21.5 Å². The van der Waals surface area contributed by atoms with Gasteiger partial charge in [-0.05, 0) is 47.0 Å². The Morgan fingerprint density at radius 2 is 1.72 bits per heavy atom. The van der Waals surface area contributed by atoms with Crippen LogP contribution in [0.5, 0.6) is 0 Å². The number of rotatable bonds is 9. The number of nitrogens with zero attached hydrogens (tertiary/aromatic N) is 3. The number of amides is 1. The van der Waals surface area contributed by atoms with E-state index in [1.807, 2.05) is 52.4 Å². The van der Waals surface area contributed by atoms with Crippen LogP contribution in [0.3, 0.4) is 0 Å². The normalized spacial score (nSPS) is 11.1. The van der Waals surface area contributed by atoms with Crippen molar-refractivity contribution in [3.63, 3.8) is 0 Å². The van der Waals surface area contributed by atoms with E-state index in [1.54, 1.807) is 0 Å². The van der Waals surface area contributed by atoms with Crippen LogP contribution >= 0.6 is 0 Å². The minimum Gasteiger partial charge on any atom is -0.375 e. The van der Waals surface area contributed by atoms with Crippen LogP contribution in [0.2, 0.25) is 0 Å². The van der Waals surface area contributed by atoms with Gasteiger partial charge in [0.05, 0.1) is 16.8 Å². The van der Waals surface area contributed by atoms with Gasteiger partial charge in [-0.1, -0.05) is 39.8 Å². The number of hydrogen-bond acceptors (Lipinski definition) is 4. The number of aryl methyl sites for hydroxylation is 1. The molecule has 1 rings (SSSR count). The van der Waals surface area contributed by atoms with Gasteiger partial charge in [0.2, 0.25) is 5.91 Å². The summed E-state index contributed by atoms with van der Waals surface area (Å²) in [7, 11) is 0. The van der Waals surface area contributed by atoms with E-state index >= 15 is 0 Å². The molecule has 0 radical (unpaired) electrons.